The molecule has 0 spiro atoms. The lowest BCUT2D eigenvalue weighted by molar-refractivity contribution is 0.0946. The standard InChI is InChI=1S/C21H19FN8O/c22-13-2-1-8-30-17(13)10-16(28-30)19-18-14(24-11-25-18)6-9-29(19)21-23-7-5-15(27-21)20(31)26-12-3-4-12/h1-2,5,7-8,10-12,19H,3-4,6,9H2,(H,24,25)(H,26,31)/t19-/m0/s1. The number of aromatic nitrogens is 6. The van der Waals surface area contributed by atoms with Gasteiger partial charge in [-0.2, -0.15) is 5.10 Å². The van der Waals surface area contributed by atoms with Gasteiger partial charge in [0.2, 0.25) is 5.95 Å². The van der Waals surface area contributed by atoms with Gasteiger partial charge >= 0.3 is 0 Å². The molecular formula is C21H19FN8O. The van der Waals surface area contributed by atoms with E-state index in [0.717, 1.165) is 30.7 Å². The van der Waals surface area contributed by atoms with E-state index >= 15 is 0 Å². The molecule has 1 fully saturated rings. The molecule has 6 rings (SSSR count). The molecule has 2 aliphatic rings. The number of halogens is 1. The molecule has 10 heteroatoms. The Bertz CT molecular complexity index is 1290. The Morgan fingerprint density at radius 2 is 2.16 bits per heavy atom. The number of nitrogens with zero attached hydrogens (tertiary/aromatic N) is 6. The molecular weight excluding hydrogens is 399 g/mol. The normalized spacial score (nSPS) is 18.2. The van der Waals surface area contributed by atoms with Gasteiger partial charge in [0.1, 0.15) is 23.1 Å². The van der Waals surface area contributed by atoms with E-state index in [0.29, 0.717) is 29.4 Å². The molecule has 1 aliphatic heterocycles. The van der Waals surface area contributed by atoms with Crippen LogP contribution in [0.4, 0.5) is 10.3 Å². The maximum absolute atomic E-state index is 14.3. The molecule has 1 saturated carbocycles. The molecule has 9 nitrogen and oxygen atoms in total. The van der Waals surface area contributed by atoms with Crippen LogP contribution in [0.2, 0.25) is 0 Å². The fraction of sp³-hybridized carbons (Fsp3) is 0.286. The predicted octanol–water partition coefficient (Wildman–Crippen LogP) is 2.03. The first-order valence-corrected chi connectivity index (χ1v) is 10.2. The van der Waals surface area contributed by atoms with Crippen molar-refractivity contribution >= 4 is 17.4 Å². The second kappa shape index (κ2) is 6.86. The van der Waals surface area contributed by atoms with Crippen molar-refractivity contribution in [2.24, 2.45) is 0 Å². The molecule has 0 radical (unpaired) electrons. The van der Waals surface area contributed by atoms with E-state index in [1.165, 1.54) is 10.6 Å². The van der Waals surface area contributed by atoms with Crippen LogP contribution in [0, 0.1) is 5.82 Å². The van der Waals surface area contributed by atoms with Gasteiger partial charge in [-0.1, -0.05) is 0 Å². The number of anilines is 1. The lowest BCUT2D eigenvalue weighted by Crippen LogP contribution is -2.38. The Hall–Kier alpha value is -3.82. The minimum absolute atomic E-state index is 0.199. The van der Waals surface area contributed by atoms with Crippen LogP contribution in [0.1, 0.15) is 46.5 Å². The number of H-pyrrole nitrogens is 1. The monoisotopic (exact) mass is 418 g/mol. The number of aromatic amines is 1. The number of imidazole rings is 1. The molecule has 0 unspecified atom stereocenters. The molecule has 1 amide bonds. The summed E-state index contributed by atoms with van der Waals surface area (Å²) in [6.07, 6.45) is 7.67. The summed E-state index contributed by atoms with van der Waals surface area (Å²) in [4.78, 5) is 31.1. The lowest BCUT2D eigenvalue weighted by atomic mass is 10.00. The molecule has 4 aromatic rings. The number of fused-ring (bicyclic) bond motifs is 2. The number of carbonyl (C=O) groups excluding carboxylic acids is 1. The highest BCUT2D eigenvalue weighted by atomic mass is 19.1. The minimum atomic E-state index is -0.406. The number of pyridine rings is 1. The second-order valence-electron chi connectivity index (χ2n) is 7.86. The summed E-state index contributed by atoms with van der Waals surface area (Å²) < 4.78 is 15.8. The van der Waals surface area contributed by atoms with Gasteiger partial charge < -0.3 is 15.2 Å². The highest BCUT2D eigenvalue weighted by molar-refractivity contribution is 5.92. The number of rotatable bonds is 4. The second-order valence-corrected chi connectivity index (χ2v) is 7.86. The zero-order valence-electron chi connectivity index (χ0n) is 16.5. The SMILES string of the molecule is O=C(NC1CC1)c1ccnc(N2CCc3[nH]cnc3[C@@H]2c2cc3c(F)cccn3n2)n1. The Morgan fingerprint density at radius 1 is 1.26 bits per heavy atom. The van der Waals surface area contributed by atoms with Crippen LogP contribution in [0.3, 0.4) is 0 Å². The quantitative estimate of drug-likeness (QED) is 0.526. The van der Waals surface area contributed by atoms with Gasteiger partial charge in [0.05, 0.1) is 17.7 Å². The van der Waals surface area contributed by atoms with Gasteiger partial charge in [-0.15, -0.1) is 0 Å². The Kier molecular flexibility index (Phi) is 3.98. The molecule has 31 heavy (non-hydrogen) atoms. The molecule has 1 aliphatic carbocycles. The summed E-state index contributed by atoms with van der Waals surface area (Å²) in [5.41, 5.74) is 3.14. The van der Waals surface area contributed by atoms with Crippen molar-refractivity contribution in [2.45, 2.75) is 31.3 Å². The van der Waals surface area contributed by atoms with E-state index in [9.17, 15) is 9.18 Å². The maximum atomic E-state index is 14.3. The van der Waals surface area contributed by atoms with E-state index < -0.39 is 6.04 Å². The van der Waals surface area contributed by atoms with Crippen LogP contribution < -0.4 is 10.2 Å². The molecule has 5 heterocycles. The Morgan fingerprint density at radius 3 is 3.00 bits per heavy atom. The average Bonchev–Trinajstić information content (AvgIpc) is 3.29. The van der Waals surface area contributed by atoms with Crippen LogP contribution in [-0.4, -0.2) is 48.0 Å². The number of hydrogen-bond donors (Lipinski definition) is 2. The summed E-state index contributed by atoms with van der Waals surface area (Å²) >= 11 is 0. The van der Waals surface area contributed by atoms with Crippen molar-refractivity contribution in [2.75, 3.05) is 11.4 Å². The Balaban J connectivity index is 1.43. The molecule has 2 N–H and O–H groups in total. The van der Waals surface area contributed by atoms with Crippen molar-refractivity contribution in [3.05, 3.63) is 71.6 Å². The van der Waals surface area contributed by atoms with Crippen molar-refractivity contribution in [3.63, 3.8) is 0 Å². The number of hydrogen-bond acceptors (Lipinski definition) is 6. The van der Waals surface area contributed by atoms with Crippen molar-refractivity contribution < 1.29 is 9.18 Å². The highest BCUT2D eigenvalue weighted by Gasteiger charge is 2.35. The predicted molar refractivity (Wildman–Crippen MR) is 109 cm³/mol. The minimum Gasteiger partial charge on any atom is -0.348 e. The zero-order valence-corrected chi connectivity index (χ0v) is 16.5. The van der Waals surface area contributed by atoms with Gasteiger partial charge in [0, 0.05) is 37.1 Å². The van der Waals surface area contributed by atoms with Crippen molar-refractivity contribution in [1.82, 2.24) is 34.9 Å². The Labute approximate surface area is 176 Å². The van der Waals surface area contributed by atoms with Gasteiger partial charge in [0.15, 0.2) is 0 Å². The van der Waals surface area contributed by atoms with Crippen molar-refractivity contribution in [3.8, 4) is 0 Å². The molecule has 0 aromatic carbocycles. The van der Waals surface area contributed by atoms with Gasteiger partial charge in [-0.05, 0) is 37.1 Å². The van der Waals surface area contributed by atoms with Crippen molar-refractivity contribution in [1.29, 1.82) is 0 Å². The summed E-state index contributed by atoms with van der Waals surface area (Å²) in [6, 6.07) is 6.19. The van der Waals surface area contributed by atoms with Gasteiger partial charge in [-0.3, -0.25) is 4.79 Å². The van der Waals surface area contributed by atoms with E-state index in [2.05, 4.69) is 30.4 Å². The maximum Gasteiger partial charge on any atom is 0.270 e. The highest BCUT2D eigenvalue weighted by Crippen LogP contribution is 2.35. The summed E-state index contributed by atoms with van der Waals surface area (Å²) in [5, 5.41) is 7.56. The fourth-order valence-electron chi connectivity index (χ4n) is 4.03. The first-order valence-electron chi connectivity index (χ1n) is 10.2. The first kappa shape index (κ1) is 18.0. The van der Waals surface area contributed by atoms with Crippen LogP contribution in [0.5, 0.6) is 0 Å². The lowest BCUT2D eigenvalue weighted by Gasteiger charge is -2.34. The number of carbonyl (C=O) groups is 1. The number of nitrogens with one attached hydrogen (secondary N) is 2. The van der Waals surface area contributed by atoms with Crippen LogP contribution >= 0.6 is 0 Å². The fourth-order valence-corrected chi connectivity index (χ4v) is 4.03. The van der Waals surface area contributed by atoms with E-state index in [1.54, 1.807) is 36.9 Å². The van der Waals surface area contributed by atoms with Gasteiger partial charge in [-0.25, -0.2) is 23.9 Å². The smallest absolute Gasteiger partial charge is 0.270 e. The third-order valence-electron chi connectivity index (χ3n) is 5.72. The molecule has 0 saturated heterocycles. The van der Waals surface area contributed by atoms with Crippen LogP contribution in [0.25, 0.3) is 5.52 Å². The first-order chi connectivity index (χ1) is 15.2. The van der Waals surface area contributed by atoms with Crippen LogP contribution in [-0.2, 0) is 6.42 Å². The third-order valence-corrected chi connectivity index (χ3v) is 5.72. The molecule has 156 valence electrons. The summed E-state index contributed by atoms with van der Waals surface area (Å²) in [7, 11) is 0. The van der Waals surface area contributed by atoms with E-state index in [1.807, 2.05) is 4.90 Å². The van der Waals surface area contributed by atoms with E-state index in [-0.39, 0.29) is 17.8 Å². The average molecular weight is 418 g/mol. The molecule has 4 aromatic heterocycles. The number of amides is 1. The van der Waals surface area contributed by atoms with Crippen LogP contribution in [0.15, 0.2) is 43.0 Å². The largest absolute Gasteiger partial charge is 0.348 e. The molecule has 0 bridgehead atoms. The zero-order chi connectivity index (χ0) is 20.9. The summed E-state index contributed by atoms with van der Waals surface area (Å²) in [5.74, 6) is -0.129. The molecule has 1 atom stereocenters. The summed E-state index contributed by atoms with van der Waals surface area (Å²) in [6.45, 7) is 0.601. The van der Waals surface area contributed by atoms with E-state index in [4.69, 9.17) is 0 Å². The topological polar surface area (TPSA) is 104 Å². The van der Waals surface area contributed by atoms with Gasteiger partial charge in [0.25, 0.3) is 5.91 Å². The third kappa shape index (κ3) is 3.11.